The maximum absolute atomic E-state index is 5.89. The number of ether oxygens (including phenoxy) is 3. The molecule has 0 radical (unpaired) electrons. The molecule has 1 aromatic carbocycles. The van der Waals surface area contributed by atoms with Crippen LogP contribution in [0.2, 0.25) is 0 Å². The molecule has 2 aliphatic rings. The number of nitrogens with one attached hydrogen (secondary N) is 1. The van der Waals surface area contributed by atoms with Crippen molar-refractivity contribution in [3.05, 3.63) is 23.8 Å². The fraction of sp³-hybridized carbons (Fsp3) is 0.538. The van der Waals surface area contributed by atoms with Crippen LogP contribution in [0.5, 0.6) is 11.5 Å². The Balaban J connectivity index is 2.00. The number of hydrogen-bond donors (Lipinski definition) is 1. The molecule has 2 heterocycles. The largest absolute Gasteiger partial charge is 0.497 e. The average Bonchev–Trinajstić information content (AvgIpc) is 2.57. The number of benzene rings is 1. The maximum Gasteiger partial charge on any atom is 0.125 e. The van der Waals surface area contributed by atoms with Crippen molar-refractivity contribution in [1.82, 2.24) is 5.32 Å². The molecule has 3 rings (SSSR count). The van der Waals surface area contributed by atoms with E-state index in [4.69, 9.17) is 14.2 Å². The smallest absolute Gasteiger partial charge is 0.125 e. The molecule has 1 N–H and O–H groups in total. The van der Waals surface area contributed by atoms with Crippen LogP contribution in [-0.4, -0.2) is 32.9 Å². The van der Waals surface area contributed by atoms with E-state index < -0.39 is 0 Å². The zero-order valence-corrected chi connectivity index (χ0v) is 9.94. The second-order valence-corrected chi connectivity index (χ2v) is 4.39. The fourth-order valence-electron chi connectivity index (χ4n) is 2.52. The van der Waals surface area contributed by atoms with Gasteiger partial charge in [0.15, 0.2) is 0 Å². The minimum atomic E-state index is 0.0800. The van der Waals surface area contributed by atoms with Crippen molar-refractivity contribution in [2.75, 3.05) is 26.9 Å². The highest BCUT2D eigenvalue weighted by Crippen LogP contribution is 2.37. The molecule has 4 nitrogen and oxygen atoms in total. The first-order chi connectivity index (χ1) is 8.38. The van der Waals surface area contributed by atoms with Gasteiger partial charge in [-0.1, -0.05) is 0 Å². The molecule has 1 fully saturated rings. The Morgan fingerprint density at radius 3 is 3.18 bits per heavy atom. The Kier molecular flexibility index (Phi) is 2.91. The first-order valence-electron chi connectivity index (χ1n) is 6.04. The van der Waals surface area contributed by atoms with Crippen LogP contribution in [0.3, 0.4) is 0 Å². The predicted octanol–water partition coefficient (Wildman–Crippen LogP) is 1.51. The zero-order chi connectivity index (χ0) is 11.7. The molecule has 17 heavy (non-hydrogen) atoms. The van der Waals surface area contributed by atoms with E-state index >= 15 is 0 Å². The summed E-state index contributed by atoms with van der Waals surface area (Å²) in [6, 6.07) is 6.26. The first-order valence-corrected chi connectivity index (χ1v) is 6.04. The number of fused-ring (bicyclic) bond motifs is 3. The molecule has 2 atom stereocenters. The van der Waals surface area contributed by atoms with Crippen molar-refractivity contribution >= 4 is 0 Å². The van der Waals surface area contributed by atoms with Gasteiger partial charge in [-0.2, -0.15) is 0 Å². The van der Waals surface area contributed by atoms with E-state index in [0.29, 0.717) is 6.04 Å². The van der Waals surface area contributed by atoms with Crippen molar-refractivity contribution in [3.8, 4) is 11.5 Å². The standard InChI is InChI=1S/C13H17NO3/c1-15-9-2-3-12-10(8-9)13-11(4-6-16-12)14-5-7-17-13/h2-3,8,11,13-14H,4-7H2,1H3/t11-,13-/m0/s1. The van der Waals surface area contributed by atoms with E-state index in [9.17, 15) is 0 Å². The van der Waals surface area contributed by atoms with Crippen molar-refractivity contribution in [2.45, 2.75) is 18.6 Å². The Labute approximate surface area is 101 Å². The molecule has 4 heteroatoms. The summed E-state index contributed by atoms with van der Waals surface area (Å²) < 4.78 is 16.9. The van der Waals surface area contributed by atoms with E-state index in [1.54, 1.807) is 7.11 Å². The summed E-state index contributed by atoms with van der Waals surface area (Å²) in [7, 11) is 1.68. The van der Waals surface area contributed by atoms with Gasteiger partial charge in [0, 0.05) is 18.2 Å². The van der Waals surface area contributed by atoms with Crippen LogP contribution in [0.1, 0.15) is 18.1 Å². The van der Waals surface area contributed by atoms with Gasteiger partial charge in [-0.05, 0) is 24.6 Å². The topological polar surface area (TPSA) is 39.7 Å². The second-order valence-electron chi connectivity index (χ2n) is 4.39. The van der Waals surface area contributed by atoms with Gasteiger partial charge in [0.1, 0.15) is 17.6 Å². The normalized spacial score (nSPS) is 27.4. The van der Waals surface area contributed by atoms with Crippen LogP contribution < -0.4 is 14.8 Å². The Morgan fingerprint density at radius 1 is 1.35 bits per heavy atom. The monoisotopic (exact) mass is 235 g/mol. The van der Waals surface area contributed by atoms with E-state index in [2.05, 4.69) is 5.32 Å². The molecule has 0 saturated carbocycles. The van der Waals surface area contributed by atoms with E-state index in [0.717, 1.165) is 43.2 Å². The fourth-order valence-corrected chi connectivity index (χ4v) is 2.52. The van der Waals surface area contributed by atoms with Gasteiger partial charge in [-0.3, -0.25) is 0 Å². The van der Waals surface area contributed by atoms with Crippen LogP contribution in [-0.2, 0) is 4.74 Å². The lowest BCUT2D eigenvalue weighted by molar-refractivity contribution is -0.00593. The lowest BCUT2D eigenvalue weighted by atomic mass is 9.98. The van der Waals surface area contributed by atoms with E-state index in [-0.39, 0.29) is 6.10 Å². The maximum atomic E-state index is 5.89. The molecule has 0 aliphatic carbocycles. The number of morpholine rings is 1. The molecule has 0 aromatic heterocycles. The van der Waals surface area contributed by atoms with Crippen molar-refractivity contribution in [2.24, 2.45) is 0 Å². The SMILES string of the molecule is COc1ccc2c(c1)[C@@H]1OCCN[C@H]1CCO2. The van der Waals surface area contributed by atoms with Crippen molar-refractivity contribution in [3.63, 3.8) is 0 Å². The summed E-state index contributed by atoms with van der Waals surface area (Å²) >= 11 is 0. The van der Waals surface area contributed by atoms with Gasteiger partial charge in [0.05, 0.1) is 20.3 Å². The van der Waals surface area contributed by atoms with Gasteiger partial charge < -0.3 is 19.5 Å². The highest BCUT2D eigenvalue weighted by molar-refractivity contribution is 5.43. The van der Waals surface area contributed by atoms with E-state index in [1.165, 1.54) is 0 Å². The molecule has 92 valence electrons. The Bertz CT molecular complexity index is 408. The molecule has 1 aromatic rings. The molecular weight excluding hydrogens is 218 g/mol. The lowest BCUT2D eigenvalue weighted by Gasteiger charge is -2.31. The summed E-state index contributed by atoms with van der Waals surface area (Å²) in [6.07, 6.45) is 1.05. The number of rotatable bonds is 1. The summed E-state index contributed by atoms with van der Waals surface area (Å²) in [6.45, 7) is 2.40. The van der Waals surface area contributed by atoms with Crippen molar-refractivity contribution < 1.29 is 14.2 Å². The van der Waals surface area contributed by atoms with Crippen LogP contribution in [0.25, 0.3) is 0 Å². The van der Waals surface area contributed by atoms with Gasteiger partial charge >= 0.3 is 0 Å². The number of hydrogen-bond acceptors (Lipinski definition) is 4. The molecule has 0 bridgehead atoms. The predicted molar refractivity (Wildman–Crippen MR) is 63.6 cm³/mol. The van der Waals surface area contributed by atoms with Crippen LogP contribution in [0, 0.1) is 0 Å². The first kappa shape index (κ1) is 10.9. The summed E-state index contributed by atoms with van der Waals surface area (Å²) in [4.78, 5) is 0. The molecule has 1 saturated heterocycles. The third-order valence-electron chi connectivity index (χ3n) is 3.38. The van der Waals surface area contributed by atoms with Gasteiger partial charge in [0.25, 0.3) is 0 Å². The zero-order valence-electron chi connectivity index (χ0n) is 9.94. The summed E-state index contributed by atoms with van der Waals surface area (Å²) in [5.41, 5.74) is 1.10. The van der Waals surface area contributed by atoms with Crippen LogP contribution >= 0.6 is 0 Å². The average molecular weight is 235 g/mol. The summed E-state index contributed by atoms with van der Waals surface area (Å²) in [5, 5.41) is 3.49. The third-order valence-corrected chi connectivity index (χ3v) is 3.38. The van der Waals surface area contributed by atoms with Crippen LogP contribution in [0.15, 0.2) is 18.2 Å². The van der Waals surface area contributed by atoms with Gasteiger partial charge in [-0.15, -0.1) is 0 Å². The second kappa shape index (κ2) is 4.55. The number of methoxy groups -OCH3 is 1. The Hall–Kier alpha value is -1.26. The minimum Gasteiger partial charge on any atom is -0.497 e. The van der Waals surface area contributed by atoms with E-state index in [1.807, 2.05) is 18.2 Å². The summed E-state index contributed by atoms with van der Waals surface area (Å²) in [5.74, 6) is 1.77. The minimum absolute atomic E-state index is 0.0800. The highest BCUT2D eigenvalue weighted by Gasteiger charge is 2.32. The third kappa shape index (κ3) is 1.98. The molecule has 0 spiro atoms. The quantitative estimate of drug-likeness (QED) is 0.801. The lowest BCUT2D eigenvalue weighted by Crippen LogP contribution is -2.43. The highest BCUT2D eigenvalue weighted by atomic mass is 16.5. The molecular formula is C13H17NO3. The molecule has 2 aliphatic heterocycles. The van der Waals surface area contributed by atoms with Crippen molar-refractivity contribution in [1.29, 1.82) is 0 Å². The van der Waals surface area contributed by atoms with Gasteiger partial charge in [-0.25, -0.2) is 0 Å². The molecule has 0 unspecified atom stereocenters. The Morgan fingerprint density at radius 2 is 2.29 bits per heavy atom. The van der Waals surface area contributed by atoms with Crippen LogP contribution in [0.4, 0.5) is 0 Å². The molecule has 0 amide bonds. The van der Waals surface area contributed by atoms with Gasteiger partial charge in [0.2, 0.25) is 0 Å².